The maximum absolute atomic E-state index is 13.1. The van der Waals surface area contributed by atoms with Crippen LogP contribution in [-0.2, 0) is 13.0 Å². The fourth-order valence-electron chi connectivity index (χ4n) is 2.54. The Morgan fingerprint density at radius 2 is 2.15 bits per heavy atom. The molecule has 0 atom stereocenters. The molecule has 0 radical (unpaired) electrons. The summed E-state index contributed by atoms with van der Waals surface area (Å²) in [6.45, 7) is 0.756. The van der Waals surface area contributed by atoms with Gasteiger partial charge in [-0.2, -0.15) is 0 Å². The molecule has 0 saturated carbocycles. The van der Waals surface area contributed by atoms with E-state index in [9.17, 15) is 9.18 Å². The molecule has 140 valence electrons. The molecule has 0 fully saturated rings. The van der Waals surface area contributed by atoms with Gasteiger partial charge in [0.15, 0.2) is 5.69 Å². The number of nitrogens with one attached hydrogen (secondary N) is 1. The molecule has 1 aromatic heterocycles. The van der Waals surface area contributed by atoms with Gasteiger partial charge in [0.25, 0.3) is 5.91 Å². The van der Waals surface area contributed by atoms with Crippen molar-refractivity contribution in [3.8, 4) is 5.75 Å². The molecule has 27 heavy (non-hydrogen) atoms. The Labute approximate surface area is 160 Å². The Balaban J connectivity index is 1.55. The number of carbonyl (C=O) groups excluding carboxylic acids is 1. The Kier molecular flexibility index (Phi) is 6.03. The lowest BCUT2D eigenvalue weighted by atomic mass is 10.1. The van der Waals surface area contributed by atoms with Gasteiger partial charge in [-0.15, -0.1) is 5.10 Å². The summed E-state index contributed by atoms with van der Waals surface area (Å²) in [5, 5.41) is 10.9. The Bertz CT molecular complexity index is 945. The summed E-state index contributed by atoms with van der Waals surface area (Å²) in [4.78, 5) is 12.2. The SMILES string of the molecule is COc1cccc(CCNC(=O)c2cn(Cc3ccc(F)cc3Cl)nn2)c1. The topological polar surface area (TPSA) is 69.0 Å². The molecule has 8 heteroatoms. The summed E-state index contributed by atoms with van der Waals surface area (Å²) < 4.78 is 19.8. The van der Waals surface area contributed by atoms with Crippen molar-refractivity contribution in [3.63, 3.8) is 0 Å². The van der Waals surface area contributed by atoms with Crippen LogP contribution in [0.1, 0.15) is 21.6 Å². The maximum atomic E-state index is 13.1. The largest absolute Gasteiger partial charge is 0.497 e. The van der Waals surface area contributed by atoms with Crippen LogP contribution in [0.5, 0.6) is 5.75 Å². The number of ether oxygens (including phenoxy) is 1. The highest BCUT2D eigenvalue weighted by atomic mass is 35.5. The fourth-order valence-corrected chi connectivity index (χ4v) is 2.77. The van der Waals surface area contributed by atoms with Gasteiger partial charge in [0.1, 0.15) is 11.6 Å². The van der Waals surface area contributed by atoms with E-state index in [1.54, 1.807) is 13.2 Å². The Morgan fingerprint density at radius 3 is 2.93 bits per heavy atom. The van der Waals surface area contributed by atoms with E-state index in [1.165, 1.54) is 23.0 Å². The molecular weight excluding hydrogens is 371 g/mol. The standard InChI is InChI=1S/C19H18ClFN4O2/c1-27-16-4-2-3-13(9-16)7-8-22-19(26)18-12-25(24-23-18)11-14-5-6-15(21)10-17(14)20/h2-6,9-10,12H,7-8,11H2,1H3,(H,22,26). The third kappa shape index (κ3) is 5.04. The average Bonchev–Trinajstić information content (AvgIpc) is 3.13. The van der Waals surface area contributed by atoms with Crippen molar-refractivity contribution in [2.45, 2.75) is 13.0 Å². The third-order valence-electron chi connectivity index (χ3n) is 3.95. The van der Waals surface area contributed by atoms with E-state index in [1.807, 2.05) is 24.3 Å². The van der Waals surface area contributed by atoms with Crippen molar-refractivity contribution in [3.05, 3.63) is 76.3 Å². The number of carbonyl (C=O) groups is 1. The lowest BCUT2D eigenvalue weighted by Gasteiger charge is -2.05. The molecule has 6 nitrogen and oxygen atoms in total. The first-order valence-electron chi connectivity index (χ1n) is 8.30. The van der Waals surface area contributed by atoms with Crippen LogP contribution in [0.2, 0.25) is 5.02 Å². The zero-order valence-electron chi connectivity index (χ0n) is 14.7. The highest BCUT2D eigenvalue weighted by Crippen LogP contribution is 2.18. The van der Waals surface area contributed by atoms with E-state index in [2.05, 4.69) is 15.6 Å². The van der Waals surface area contributed by atoms with Crippen molar-refractivity contribution in [2.24, 2.45) is 0 Å². The number of methoxy groups -OCH3 is 1. The second-order valence-corrected chi connectivity index (χ2v) is 6.30. The van der Waals surface area contributed by atoms with E-state index < -0.39 is 5.82 Å². The highest BCUT2D eigenvalue weighted by Gasteiger charge is 2.11. The number of halogens is 2. The first-order chi connectivity index (χ1) is 13.0. The minimum Gasteiger partial charge on any atom is -0.497 e. The van der Waals surface area contributed by atoms with Gasteiger partial charge >= 0.3 is 0 Å². The molecule has 1 N–H and O–H groups in total. The number of hydrogen-bond donors (Lipinski definition) is 1. The summed E-state index contributed by atoms with van der Waals surface area (Å²) in [6.07, 6.45) is 2.20. The summed E-state index contributed by atoms with van der Waals surface area (Å²) in [7, 11) is 1.61. The predicted octanol–water partition coefficient (Wildman–Crippen LogP) is 3.10. The van der Waals surface area contributed by atoms with Crippen LogP contribution in [0, 0.1) is 5.82 Å². The van der Waals surface area contributed by atoms with Crippen LogP contribution in [0.3, 0.4) is 0 Å². The molecule has 0 aliphatic rings. The smallest absolute Gasteiger partial charge is 0.273 e. The molecule has 3 aromatic rings. The van der Waals surface area contributed by atoms with Gasteiger partial charge in [-0.05, 0) is 41.8 Å². The predicted molar refractivity (Wildman–Crippen MR) is 99.6 cm³/mol. The maximum Gasteiger partial charge on any atom is 0.273 e. The molecule has 1 heterocycles. The van der Waals surface area contributed by atoms with Gasteiger partial charge in [0, 0.05) is 11.6 Å². The van der Waals surface area contributed by atoms with Gasteiger partial charge in [-0.3, -0.25) is 4.79 Å². The second kappa shape index (κ2) is 8.64. The first-order valence-corrected chi connectivity index (χ1v) is 8.68. The van der Waals surface area contributed by atoms with E-state index in [-0.39, 0.29) is 11.6 Å². The zero-order chi connectivity index (χ0) is 19.2. The molecule has 2 aromatic carbocycles. The molecule has 0 bridgehead atoms. The molecule has 1 amide bonds. The van der Waals surface area contributed by atoms with Crippen LogP contribution < -0.4 is 10.1 Å². The van der Waals surface area contributed by atoms with Gasteiger partial charge in [0.05, 0.1) is 19.9 Å². The molecule has 0 unspecified atom stereocenters. The normalized spacial score (nSPS) is 10.6. The lowest BCUT2D eigenvalue weighted by Crippen LogP contribution is -2.26. The number of hydrogen-bond acceptors (Lipinski definition) is 4. The molecular formula is C19H18ClFN4O2. The second-order valence-electron chi connectivity index (χ2n) is 5.89. The fraction of sp³-hybridized carbons (Fsp3) is 0.211. The first kappa shape index (κ1) is 18.8. The molecule has 0 saturated heterocycles. The third-order valence-corrected chi connectivity index (χ3v) is 4.30. The summed E-state index contributed by atoms with van der Waals surface area (Å²) in [6, 6.07) is 11.8. The molecule has 3 rings (SSSR count). The minimum atomic E-state index is -0.404. The highest BCUT2D eigenvalue weighted by molar-refractivity contribution is 6.31. The van der Waals surface area contributed by atoms with Gasteiger partial charge in [0.2, 0.25) is 0 Å². The monoisotopic (exact) mass is 388 g/mol. The summed E-state index contributed by atoms with van der Waals surface area (Å²) >= 11 is 6.01. The van der Waals surface area contributed by atoms with Crippen molar-refractivity contribution < 1.29 is 13.9 Å². The van der Waals surface area contributed by atoms with Crippen molar-refractivity contribution in [2.75, 3.05) is 13.7 Å². The number of amides is 1. The zero-order valence-corrected chi connectivity index (χ0v) is 15.4. The van der Waals surface area contributed by atoms with E-state index in [4.69, 9.17) is 16.3 Å². The summed E-state index contributed by atoms with van der Waals surface area (Å²) in [5.41, 5.74) is 1.95. The van der Waals surface area contributed by atoms with Crippen LogP contribution in [0.15, 0.2) is 48.7 Å². The summed E-state index contributed by atoms with van der Waals surface area (Å²) in [5.74, 6) is 0.0639. The van der Waals surface area contributed by atoms with E-state index in [0.717, 1.165) is 11.3 Å². The lowest BCUT2D eigenvalue weighted by molar-refractivity contribution is 0.0949. The van der Waals surface area contributed by atoms with Crippen molar-refractivity contribution in [1.29, 1.82) is 0 Å². The minimum absolute atomic E-state index is 0.207. The Morgan fingerprint density at radius 1 is 1.30 bits per heavy atom. The van der Waals surface area contributed by atoms with E-state index >= 15 is 0 Å². The van der Waals surface area contributed by atoms with Crippen LogP contribution >= 0.6 is 11.6 Å². The van der Waals surface area contributed by atoms with Crippen LogP contribution in [0.4, 0.5) is 4.39 Å². The van der Waals surface area contributed by atoms with Gasteiger partial charge < -0.3 is 10.1 Å². The molecule has 0 spiro atoms. The number of nitrogens with zero attached hydrogens (tertiary/aromatic N) is 3. The quantitative estimate of drug-likeness (QED) is 0.675. The molecule has 0 aliphatic heterocycles. The molecule has 0 aliphatic carbocycles. The number of aromatic nitrogens is 3. The average molecular weight is 389 g/mol. The van der Waals surface area contributed by atoms with Crippen LogP contribution in [0.25, 0.3) is 0 Å². The number of rotatable bonds is 7. The van der Waals surface area contributed by atoms with Crippen molar-refractivity contribution in [1.82, 2.24) is 20.3 Å². The van der Waals surface area contributed by atoms with Gasteiger partial charge in [-0.25, -0.2) is 9.07 Å². The Hall–Kier alpha value is -2.93. The van der Waals surface area contributed by atoms with Crippen LogP contribution in [-0.4, -0.2) is 34.6 Å². The van der Waals surface area contributed by atoms with E-state index in [0.29, 0.717) is 30.1 Å². The van der Waals surface area contributed by atoms with Gasteiger partial charge in [-0.1, -0.05) is 35.0 Å². The number of benzene rings is 2. The van der Waals surface area contributed by atoms with Crippen molar-refractivity contribution >= 4 is 17.5 Å².